The summed E-state index contributed by atoms with van der Waals surface area (Å²) in [6, 6.07) is 20.5. The summed E-state index contributed by atoms with van der Waals surface area (Å²) in [6.07, 6.45) is 2.04. The van der Waals surface area contributed by atoms with Gasteiger partial charge in [-0.2, -0.15) is 5.26 Å². The number of piperidine rings is 1. The van der Waals surface area contributed by atoms with Crippen molar-refractivity contribution in [2.45, 2.75) is 31.7 Å². The summed E-state index contributed by atoms with van der Waals surface area (Å²) in [7, 11) is 2.19. The van der Waals surface area contributed by atoms with Crippen molar-refractivity contribution in [3.05, 3.63) is 76.4 Å². The summed E-state index contributed by atoms with van der Waals surface area (Å²) in [4.78, 5) is 9.87. The van der Waals surface area contributed by atoms with Gasteiger partial charge in [0.2, 0.25) is 0 Å². The van der Waals surface area contributed by atoms with Crippen LogP contribution in [0.2, 0.25) is 5.02 Å². The fourth-order valence-corrected chi connectivity index (χ4v) is 5.78. The van der Waals surface area contributed by atoms with E-state index in [0.29, 0.717) is 17.2 Å². The van der Waals surface area contributed by atoms with Crippen molar-refractivity contribution in [1.29, 1.82) is 5.26 Å². The summed E-state index contributed by atoms with van der Waals surface area (Å²) in [5, 5.41) is 10.2. The molecule has 0 aliphatic carbocycles. The van der Waals surface area contributed by atoms with Crippen LogP contribution in [0.3, 0.4) is 0 Å². The molecule has 174 valence electrons. The van der Waals surface area contributed by atoms with E-state index in [0.717, 1.165) is 67.4 Å². The Balaban J connectivity index is 1.44. The van der Waals surface area contributed by atoms with Crippen molar-refractivity contribution in [1.82, 2.24) is 9.88 Å². The number of benzene rings is 2. The summed E-state index contributed by atoms with van der Waals surface area (Å²) >= 11 is 6.12. The van der Waals surface area contributed by atoms with Crippen molar-refractivity contribution in [2.24, 2.45) is 0 Å². The Morgan fingerprint density at radius 1 is 1.12 bits per heavy atom. The molecule has 0 unspecified atom stereocenters. The summed E-state index contributed by atoms with van der Waals surface area (Å²) in [5.41, 5.74) is 6.23. The van der Waals surface area contributed by atoms with Crippen LogP contribution in [-0.2, 0) is 12.0 Å². The highest BCUT2D eigenvalue weighted by atomic mass is 35.5. The number of para-hydroxylation sites is 1. The van der Waals surface area contributed by atoms with Crippen LogP contribution in [0.25, 0.3) is 11.3 Å². The Morgan fingerprint density at radius 2 is 1.91 bits per heavy atom. The van der Waals surface area contributed by atoms with Gasteiger partial charge < -0.3 is 9.64 Å². The predicted molar refractivity (Wildman–Crippen MR) is 136 cm³/mol. The Labute approximate surface area is 206 Å². The summed E-state index contributed by atoms with van der Waals surface area (Å²) < 4.78 is 5.86. The lowest BCUT2D eigenvalue weighted by atomic mass is 9.69. The number of rotatable bonds is 4. The SMILES string of the molecule is CCOc1ccccc1-c1ccc2c(n1)CN(C)CC21CCN(c2ccc(Cl)cc2C#N)CC1. The van der Waals surface area contributed by atoms with E-state index < -0.39 is 0 Å². The van der Waals surface area contributed by atoms with Crippen LogP contribution in [-0.4, -0.2) is 43.2 Å². The molecule has 2 aromatic carbocycles. The van der Waals surface area contributed by atoms with Gasteiger partial charge in [0, 0.05) is 42.2 Å². The van der Waals surface area contributed by atoms with Crippen molar-refractivity contribution in [3.63, 3.8) is 0 Å². The van der Waals surface area contributed by atoms with Gasteiger partial charge in [0.15, 0.2) is 0 Å². The zero-order chi connectivity index (χ0) is 23.7. The number of aromatic nitrogens is 1. The highest BCUT2D eigenvalue weighted by Gasteiger charge is 2.42. The second-order valence-corrected chi connectivity index (χ2v) is 9.77. The molecule has 6 heteroatoms. The normalized spacial score (nSPS) is 17.3. The third kappa shape index (κ3) is 4.13. The second kappa shape index (κ2) is 9.29. The first-order valence-corrected chi connectivity index (χ1v) is 12.3. The molecule has 3 heterocycles. The molecule has 0 N–H and O–H groups in total. The minimum absolute atomic E-state index is 0.0725. The van der Waals surface area contributed by atoms with E-state index in [2.05, 4.69) is 41.1 Å². The van der Waals surface area contributed by atoms with Crippen molar-refractivity contribution < 1.29 is 4.74 Å². The van der Waals surface area contributed by atoms with Gasteiger partial charge >= 0.3 is 0 Å². The lowest BCUT2D eigenvalue weighted by Gasteiger charge is -2.48. The lowest BCUT2D eigenvalue weighted by Crippen LogP contribution is -2.51. The molecule has 34 heavy (non-hydrogen) atoms. The van der Waals surface area contributed by atoms with E-state index in [4.69, 9.17) is 21.3 Å². The first kappa shape index (κ1) is 22.7. The molecule has 3 aromatic rings. The molecule has 1 saturated heterocycles. The van der Waals surface area contributed by atoms with E-state index >= 15 is 0 Å². The Morgan fingerprint density at radius 3 is 2.68 bits per heavy atom. The molecule has 1 fully saturated rings. The number of nitrogens with zero attached hydrogens (tertiary/aromatic N) is 4. The van der Waals surface area contributed by atoms with E-state index in [1.165, 1.54) is 5.56 Å². The first-order chi connectivity index (χ1) is 16.5. The van der Waals surface area contributed by atoms with Crippen LogP contribution in [0.15, 0.2) is 54.6 Å². The highest BCUT2D eigenvalue weighted by molar-refractivity contribution is 6.30. The molecule has 2 aliphatic heterocycles. The van der Waals surface area contributed by atoms with Gasteiger partial charge in [-0.1, -0.05) is 29.8 Å². The van der Waals surface area contributed by atoms with Gasteiger partial charge in [0.25, 0.3) is 0 Å². The van der Waals surface area contributed by atoms with Gasteiger partial charge in [0.1, 0.15) is 11.8 Å². The van der Waals surface area contributed by atoms with Crippen molar-refractivity contribution >= 4 is 17.3 Å². The maximum absolute atomic E-state index is 9.59. The molecule has 0 atom stereocenters. The fraction of sp³-hybridized carbons (Fsp3) is 0.357. The van der Waals surface area contributed by atoms with Crippen molar-refractivity contribution in [2.75, 3.05) is 38.2 Å². The lowest BCUT2D eigenvalue weighted by molar-refractivity contribution is 0.178. The van der Waals surface area contributed by atoms with Gasteiger partial charge in [-0.05, 0) is 68.8 Å². The second-order valence-electron chi connectivity index (χ2n) is 9.33. The van der Waals surface area contributed by atoms with Gasteiger partial charge in [0.05, 0.1) is 29.2 Å². The van der Waals surface area contributed by atoms with E-state index in [9.17, 15) is 5.26 Å². The monoisotopic (exact) mass is 472 g/mol. The molecule has 5 nitrogen and oxygen atoms in total. The molecule has 1 spiro atoms. The maximum Gasteiger partial charge on any atom is 0.128 e. The molecular weight excluding hydrogens is 444 g/mol. The third-order valence-corrected chi connectivity index (χ3v) is 7.38. The van der Waals surface area contributed by atoms with Gasteiger partial charge in [-0.3, -0.25) is 9.88 Å². The molecular formula is C28H29ClN4O. The number of pyridine rings is 1. The number of nitriles is 1. The Hall–Kier alpha value is -3.07. The smallest absolute Gasteiger partial charge is 0.128 e. The van der Waals surface area contributed by atoms with Crippen molar-refractivity contribution in [3.8, 4) is 23.1 Å². The fourth-order valence-electron chi connectivity index (χ4n) is 5.60. The van der Waals surface area contributed by atoms with E-state index in [1.54, 1.807) is 6.07 Å². The molecule has 0 bridgehead atoms. The van der Waals surface area contributed by atoms with Gasteiger partial charge in [-0.25, -0.2) is 0 Å². The van der Waals surface area contributed by atoms with Crippen LogP contribution in [0.5, 0.6) is 5.75 Å². The largest absolute Gasteiger partial charge is 0.493 e. The number of anilines is 1. The summed E-state index contributed by atoms with van der Waals surface area (Å²) in [5.74, 6) is 0.876. The molecule has 0 amide bonds. The highest BCUT2D eigenvalue weighted by Crippen LogP contribution is 2.43. The number of hydrogen-bond donors (Lipinski definition) is 0. The topological polar surface area (TPSA) is 52.4 Å². The Kier molecular flexibility index (Phi) is 6.20. The zero-order valence-electron chi connectivity index (χ0n) is 19.7. The first-order valence-electron chi connectivity index (χ1n) is 11.9. The third-order valence-electron chi connectivity index (χ3n) is 7.14. The van der Waals surface area contributed by atoms with E-state index in [-0.39, 0.29) is 5.41 Å². The number of ether oxygens (including phenoxy) is 1. The number of hydrogen-bond acceptors (Lipinski definition) is 5. The minimum Gasteiger partial charge on any atom is -0.493 e. The number of likely N-dealkylation sites (N-methyl/N-ethyl adjacent to an activating group) is 1. The van der Waals surface area contributed by atoms with Gasteiger partial charge in [-0.15, -0.1) is 0 Å². The zero-order valence-corrected chi connectivity index (χ0v) is 20.5. The molecule has 5 rings (SSSR count). The average molecular weight is 473 g/mol. The molecule has 1 aromatic heterocycles. The standard InChI is InChI=1S/C28H29ClN4O/c1-3-34-27-7-5-4-6-22(27)24-10-9-23-25(31-24)18-32(2)19-28(23)12-14-33(15-13-28)26-11-8-21(29)16-20(26)17-30/h4-11,16H,3,12-15,18-19H2,1-2H3. The van der Waals surface area contributed by atoms with Crippen LogP contribution in [0, 0.1) is 11.3 Å². The number of halogens is 1. The predicted octanol–water partition coefficient (Wildman–Crippen LogP) is 5.66. The van der Waals surface area contributed by atoms with Crippen LogP contribution >= 0.6 is 11.6 Å². The molecule has 0 saturated carbocycles. The summed E-state index contributed by atoms with van der Waals surface area (Å²) in [6.45, 7) is 6.31. The van der Waals surface area contributed by atoms with Crippen LogP contribution in [0.1, 0.15) is 36.6 Å². The maximum atomic E-state index is 9.59. The molecule has 2 aliphatic rings. The quantitative estimate of drug-likeness (QED) is 0.490. The van der Waals surface area contributed by atoms with Crippen LogP contribution in [0.4, 0.5) is 5.69 Å². The van der Waals surface area contributed by atoms with E-state index in [1.807, 2.05) is 37.3 Å². The minimum atomic E-state index is 0.0725. The van der Waals surface area contributed by atoms with Crippen LogP contribution < -0.4 is 9.64 Å². The number of fused-ring (bicyclic) bond motifs is 2. The Bertz CT molecular complexity index is 1240. The molecule has 0 radical (unpaired) electrons. The average Bonchev–Trinajstić information content (AvgIpc) is 2.85.